The number of rotatable bonds is 5. The minimum absolute atomic E-state index is 0.0227. The van der Waals surface area contributed by atoms with Gasteiger partial charge in [-0.1, -0.05) is 42.5 Å². The lowest BCUT2D eigenvalue weighted by molar-refractivity contribution is -0.125. The van der Waals surface area contributed by atoms with Crippen molar-refractivity contribution in [2.45, 2.75) is 25.9 Å². The first kappa shape index (κ1) is 16.2. The molecule has 130 valence electrons. The summed E-state index contributed by atoms with van der Waals surface area (Å²) in [5.41, 5.74) is 5.24. The van der Waals surface area contributed by atoms with E-state index in [0.717, 1.165) is 31.5 Å². The predicted molar refractivity (Wildman–Crippen MR) is 98.4 cm³/mol. The fourth-order valence-electron chi connectivity index (χ4n) is 3.63. The zero-order chi connectivity index (χ0) is 17.1. The van der Waals surface area contributed by atoms with Crippen molar-refractivity contribution in [2.75, 3.05) is 24.7 Å². The molecule has 25 heavy (non-hydrogen) atoms. The van der Waals surface area contributed by atoms with Crippen molar-refractivity contribution in [3.05, 3.63) is 65.2 Å². The van der Waals surface area contributed by atoms with Gasteiger partial charge in [-0.3, -0.25) is 4.79 Å². The van der Waals surface area contributed by atoms with Gasteiger partial charge in [-0.25, -0.2) is 0 Å². The Bertz CT molecular complexity index is 736. The SMILES string of the molecule is O=C(NCc1ccc(CN2CCc3ccccc32)cc1)C1CCOC1. The fourth-order valence-corrected chi connectivity index (χ4v) is 3.63. The highest BCUT2D eigenvalue weighted by molar-refractivity contribution is 5.78. The van der Waals surface area contributed by atoms with Crippen molar-refractivity contribution in [1.82, 2.24) is 5.32 Å². The quantitative estimate of drug-likeness (QED) is 0.913. The molecule has 2 aliphatic rings. The molecule has 0 aromatic heterocycles. The van der Waals surface area contributed by atoms with Crippen LogP contribution in [0.3, 0.4) is 0 Å². The Morgan fingerprint density at radius 2 is 1.92 bits per heavy atom. The van der Waals surface area contributed by atoms with E-state index >= 15 is 0 Å². The summed E-state index contributed by atoms with van der Waals surface area (Å²) in [5, 5.41) is 3.02. The summed E-state index contributed by atoms with van der Waals surface area (Å²) in [4.78, 5) is 14.5. The van der Waals surface area contributed by atoms with Crippen LogP contribution in [-0.4, -0.2) is 25.7 Å². The highest BCUT2D eigenvalue weighted by Gasteiger charge is 2.23. The Labute approximate surface area is 148 Å². The second-order valence-corrected chi connectivity index (χ2v) is 6.90. The molecule has 4 rings (SSSR count). The third kappa shape index (κ3) is 3.69. The third-order valence-corrected chi connectivity index (χ3v) is 5.15. The molecule has 4 nitrogen and oxygen atoms in total. The molecule has 1 fully saturated rings. The molecule has 1 unspecified atom stereocenters. The van der Waals surface area contributed by atoms with Crippen molar-refractivity contribution in [2.24, 2.45) is 5.92 Å². The molecule has 2 aromatic carbocycles. The lowest BCUT2D eigenvalue weighted by atomic mass is 10.1. The first-order chi connectivity index (χ1) is 12.3. The van der Waals surface area contributed by atoms with E-state index in [1.54, 1.807) is 0 Å². The Morgan fingerprint density at radius 3 is 2.72 bits per heavy atom. The van der Waals surface area contributed by atoms with E-state index in [-0.39, 0.29) is 11.8 Å². The number of nitrogens with one attached hydrogen (secondary N) is 1. The zero-order valence-electron chi connectivity index (χ0n) is 14.4. The molecule has 2 aliphatic heterocycles. The Hall–Kier alpha value is -2.33. The van der Waals surface area contributed by atoms with Crippen molar-refractivity contribution >= 4 is 11.6 Å². The smallest absolute Gasteiger partial charge is 0.225 e. The molecule has 1 amide bonds. The minimum atomic E-state index is 0.0227. The van der Waals surface area contributed by atoms with Crippen LogP contribution >= 0.6 is 0 Å². The van der Waals surface area contributed by atoms with E-state index in [1.165, 1.54) is 16.8 Å². The Kier molecular flexibility index (Phi) is 4.70. The largest absolute Gasteiger partial charge is 0.381 e. The molecule has 0 bridgehead atoms. The summed E-state index contributed by atoms with van der Waals surface area (Å²) in [6, 6.07) is 17.2. The van der Waals surface area contributed by atoms with Crippen molar-refractivity contribution < 1.29 is 9.53 Å². The number of carbonyl (C=O) groups is 1. The van der Waals surface area contributed by atoms with E-state index in [2.05, 4.69) is 58.7 Å². The number of nitrogens with zero attached hydrogens (tertiary/aromatic N) is 1. The van der Waals surface area contributed by atoms with Gasteiger partial charge in [0.15, 0.2) is 0 Å². The van der Waals surface area contributed by atoms with Gasteiger partial charge in [0.2, 0.25) is 5.91 Å². The molecule has 2 aromatic rings. The van der Waals surface area contributed by atoms with E-state index in [4.69, 9.17) is 4.74 Å². The molecule has 0 aliphatic carbocycles. The number of anilines is 1. The summed E-state index contributed by atoms with van der Waals surface area (Å²) in [7, 11) is 0. The topological polar surface area (TPSA) is 41.6 Å². The maximum atomic E-state index is 12.0. The molecular formula is C21H24N2O2. The van der Waals surface area contributed by atoms with E-state index in [0.29, 0.717) is 19.8 Å². The molecular weight excluding hydrogens is 312 g/mol. The number of benzene rings is 2. The number of hydrogen-bond acceptors (Lipinski definition) is 3. The fraction of sp³-hybridized carbons (Fsp3) is 0.381. The Morgan fingerprint density at radius 1 is 1.12 bits per heavy atom. The number of carbonyl (C=O) groups excluding carboxylic acids is 1. The molecule has 1 saturated heterocycles. The lowest BCUT2D eigenvalue weighted by Gasteiger charge is -2.19. The summed E-state index contributed by atoms with van der Waals surface area (Å²) in [6.07, 6.45) is 1.97. The van der Waals surface area contributed by atoms with Crippen LogP contribution in [0, 0.1) is 5.92 Å². The maximum absolute atomic E-state index is 12.0. The monoisotopic (exact) mass is 336 g/mol. The molecule has 1 N–H and O–H groups in total. The zero-order valence-corrected chi connectivity index (χ0v) is 14.4. The maximum Gasteiger partial charge on any atom is 0.225 e. The third-order valence-electron chi connectivity index (χ3n) is 5.15. The minimum Gasteiger partial charge on any atom is -0.381 e. The molecule has 1 atom stereocenters. The normalized spacial score (nSPS) is 19.0. The van der Waals surface area contributed by atoms with Crippen LogP contribution in [0.1, 0.15) is 23.1 Å². The van der Waals surface area contributed by atoms with Gasteiger partial charge in [-0.05, 0) is 35.6 Å². The predicted octanol–water partition coefficient (Wildman–Crippen LogP) is 2.90. The number of fused-ring (bicyclic) bond motifs is 1. The molecule has 0 radical (unpaired) electrons. The first-order valence-corrected chi connectivity index (χ1v) is 9.06. The summed E-state index contributed by atoms with van der Waals surface area (Å²) in [6.45, 7) is 3.86. The molecule has 0 spiro atoms. The number of amides is 1. The number of ether oxygens (including phenoxy) is 1. The van der Waals surface area contributed by atoms with E-state index < -0.39 is 0 Å². The van der Waals surface area contributed by atoms with Gasteiger partial charge in [0.05, 0.1) is 12.5 Å². The second-order valence-electron chi connectivity index (χ2n) is 6.90. The van der Waals surface area contributed by atoms with Gasteiger partial charge in [0, 0.05) is 31.9 Å². The van der Waals surface area contributed by atoms with Gasteiger partial charge in [0.25, 0.3) is 0 Å². The average Bonchev–Trinajstić information content (AvgIpc) is 3.32. The van der Waals surface area contributed by atoms with Crippen LogP contribution in [0.25, 0.3) is 0 Å². The Balaban J connectivity index is 1.32. The van der Waals surface area contributed by atoms with Gasteiger partial charge >= 0.3 is 0 Å². The van der Waals surface area contributed by atoms with Crippen LogP contribution in [0.4, 0.5) is 5.69 Å². The number of hydrogen-bond donors (Lipinski definition) is 1. The van der Waals surface area contributed by atoms with Crippen LogP contribution in [0.5, 0.6) is 0 Å². The summed E-state index contributed by atoms with van der Waals surface area (Å²) in [5.74, 6) is 0.129. The first-order valence-electron chi connectivity index (χ1n) is 9.06. The van der Waals surface area contributed by atoms with Crippen molar-refractivity contribution in [1.29, 1.82) is 0 Å². The summed E-state index contributed by atoms with van der Waals surface area (Å²) < 4.78 is 5.27. The van der Waals surface area contributed by atoms with Crippen LogP contribution < -0.4 is 10.2 Å². The van der Waals surface area contributed by atoms with Crippen LogP contribution in [0.2, 0.25) is 0 Å². The standard InChI is InChI=1S/C21H24N2O2/c24-21(19-10-12-25-15-19)22-13-16-5-7-17(8-6-16)14-23-11-9-18-3-1-2-4-20(18)23/h1-8,19H,9-15H2,(H,22,24). The number of para-hydroxylation sites is 1. The molecule has 2 heterocycles. The van der Waals surface area contributed by atoms with E-state index in [9.17, 15) is 4.79 Å². The lowest BCUT2D eigenvalue weighted by Crippen LogP contribution is -2.30. The average molecular weight is 336 g/mol. The molecule has 4 heteroatoms. The van der Waals surface area contributed by atoms with Crippen molar-refractivity contribution in [3.63, 3.8) is 0 Å². The summed E-state index contributed by atoms with van der Waals surface area (Å²) >= 11 is 0. The van der Waals surface area contributed by atoms with Crippen LogP contribution in [0.15, 0.2) is 48.5 Å². The van der Waals surface area contributed by atoms with Gasteiger partial charge in [0.1, 0.15) is 0 Å². The van der Waals surface area contributed by atoms with Crippen LogP contribution in [-0.2, 0) is 29.0 Å². The van der Waals surface area contributed by atoms with E-state index in [1.807, 2.05) is 0 Å². The highest BCUT2D eigenvalue weighted by atomic mass is 16.5. The second kappa shape index (κ2) is 7.28. The van der Waals surface area contributed by atoms with Gasteiger partial charge in [-0.15, -0.1) is 0 Å². The van der Waals surface area contributed by atoms with Gasteiger partial charge in [-0.2, -0.15) is 0 Å². The highest BCUT2D eigenvalue weighted by Crippen LogP contribution is 2.28. The molecule has 0 saturated carbocycles. The van der Waals surface area contributed by atoms with Gasteiger partial charge < -0.3 is 15.0 Å². The van der Waals surface area contributed by atoms with Crippen molar-refractivity contribution in [3.8, 4) is 0 Å².